The van der Waals surface area contributed by atoms with Crippen molar-refractivity contribution in [2.24, 2.45) is 5.41 Å². The standard InChI is InChI=1S/C17H30N2OS/c1-5-13(4)15-14(12-20)21-16(18-15)19-10-8-17(6-2,7-3)9-11-19/h13,20H,5-12H2,1-4H3. The molecule has 0 spiro atoms. The summed E-state index contributed by atoms with van der Waals surface area (Å²) in [6, 6.07) is 0. The Hall–Kier alpha value is -0.610. The van der Waals surface area contributed by atoms with Crippen LogP contribution in [0, 0.1) is 5.41 Å². The molecule has 1 aromatic rings. The number of hydrogen-bond acceptors (Lipinski definition) is 4. The number of anilines is 1. The zero-order valence-electron chi connectivity index (χ0n) is 14.0. The highest BCUT2D eigenvalue weighted by molar-refractivity contribution is 7.15. The topological polar surface area (TPSA) is 36.4 Å². The summed E-state index contributed by atoms with van der Waals surface area (Å²) in [5, 5.41) is 10.7. The Balaban J connectivity index is 2.12. The quantitative estimate of drug-likeness (QED) is 0.837. The Kier molecular flexibility index (Phi) is 5.67. The van der Waals surface area contributed by atoms with Gasteiger partial charge in [-0.25, -0.2) is 4.98 Å². The number of rotatable bonds is 6. The van der Waals surface area contributed by atoms with E-state index >= 15 is 0 Å². The van der Waals surface area contributed by atoms with Crippen LogP contribution in [0.1, 0.15) is 76.3 Å². The SMILES string of the molecule is CCC(C)c1nc(N2CCC(CC)(CC)CC2)sc1CO. The van der Waals surface area contributed by atoms with Crippen molar-refractivity contribution in [1.82, 2.24) is 4.98 Å². The van der Waals surface area contributed by atoms with E-state index in [1.807, 2.05) is 0 Å². The van der Waals surface area contributed by atoms with Crippen molar-refractivity contribution in [3.63, 3.8) is 0 Å². The first-order valence-corrected chi connectivity index (χ1v) is 9.26. The Bertz CT molecular complexity index is 444. The molecule has 0 bridgehead atoms. The van der Waals surface area contributed by atoms with E-state index in [9.17, 15) is 5.11 Å². The summed E-state index contributed by atoms with van der Waals surface area (Å²) >= 11 is 1.69. The summed E-state index contributed by atoms with van der Waals surface area (Å²) < 4.78 is 0. The van der Waals surface area contributed by atoms with Crippen molar-refractivity contribution in [1.29, 1.82) is 0 Å². The highest BCUT2D eigenvalue weighted by Gasteiger charge is 2.32. The molecule has 1 atom stereocenters. The van der Waals surface area contributed by atoms with Gasteiger partial charge in [0.15, 0.2) is 5.13 Å². The van der Waals surface area contributed by atoms with E-state index in [2.05, 4.69) is 32.6 Å². The molecule has 2 heterocycles. The number of aliphatic hydroxyl groups excluding tert-OH is 1. The van der Waals surface area contributed by atoms with Crippen LogP contribution in [0.15, 0.2) is 0 Å². The van der Waals surface area contributed by atoms with E-state index in [1.54, 1.807) is 11.3 Å². The zero-order valence-corrected chi connectivity index (χ0v) is 14.8. The van der Waals surface area contributed by atoms with Gasteiger partial charge in [-0.2, -0.15) is 0 Å². The van der Waals surface area contributed by atoms with Gasteiger partial charge < -0.3 is 10.0 Å². The lowest BCUT2D eigenvalue weighted by Crippen LogP contribution is -2.39. The van der Waals surface area contributed by atoms with E-state index in [-0.39, 0.29) is 6.61 Å². The van der Waals surface area contributed by atoms with Crippen LogP contribution in [0.25, 0.3) is 0 Å². The fraction of sp³-hybridized carbons (Fsp3) is 0.824. The van der Waals surface area contributed by atoms with Gasteiger partial charge in [0.05, 0.1) is 17.2 Å². The van der Waals surface area contributed by atoms with Gasteiger partial charge in [0.25, 0.3) is 0 Å². The minimum atomic E-state index is 0.124. The number of aliphatic hydroxyl groups is 1. The third-order valence-corrected chi connectivity index (χ3v) is 6.65. The fourth-order valence-corrected chi connectivity index (χ4v) is 4.40. The fourth-order valence-electron chi connectivity index (χ4n) is 3.31. The largest absolute Gasteiger partial charge is 0.391 e. The molecule has 1 aliphatic heterocycles. The molecule has 1 unspecified atom stereocenters. The maximum atomic E-state index is 9.59. The third-order valence-electron chi connectivity index (χ3n) is 5.53. The lowest BCUT2D eigenvalue weighted by atomic mass is 9.74. The summed E-state index contributed by atoms with van der Waals surface area (Å²) in [6.07, 6.45) is 6.19. The number of thiazole rings is 1. The van der Waals surface area contributed by atoms with Gasteiger partial charge in [-0.3, -0.25) is 0 Å². The molecule has 0 aliphatic carbocycles. The smallest absolute Gasteiger partial charge is 0.185 e. The van der Waals surface area contributed by atoms with Crippen LogP contribution in [0.3, 0.4) is 0 Å². The molecule has 4 heteroatoms. The Morgan fingerprint density at radius 3 is 2.33 bits per heavy atom. The predicted octanol–water partition coefficient (Wildman–Crippen LogP) is 4.56. The second kappa shape index (κ2) is 7.10. The molecule has 0 radical (unpaired) electrons. The molecule has 1 N–H and O–H groups in total. The van der Waals surface area contributed by atoms with Gasteiger partial charge in [-0.05, 0) is 30.6 Å². The zero-order chi connectivity index (χ0) is 15.5. The third kappa shape index (κ3) is 3.42. The molecule has 2 rings (SSSR count). The first kappa shape index (κ1) is 16.8. The highest BCUT2D eigenvalue weighted by atomic mass is 32.1. The molecule has 3 nitrogen and oxygen atoms in total. The molecule has 1 fully saturated rings. The van der Waals surface area contributed by atoms with E-state index in [0.29, 0.717) is 11.3 Å². The van der Waals surface area contributed by atoms with Crippen LogP contribution in [-0.4, -0.2) is 23.2 Å². The van der Waals surface area contributed by atoms with E-state index in [1.165, 1.54) is 25.7 Å². The molecule has 1 aliphatic rings. The minimum absolute atomic E-state index is 0.124. The van der Waals surface area contributed by atoms with Crippen LogP contribution in [0.4, 0.5) is 5.13 Å². The second-order valence-corrected chi connectivity index (χ2v) is 7.53. The number of piperidine rings is 1. The van der Waals surface area contributed by atoms with Crippen LogP contribution in [0.2, 0.25) is 0 Å². The molecular weight excluding hydrogens is 280 g/mol. The summed E-state index contributed by atoms with van der Waals surface area (Å²) in [5.41, 5.74) is 1.66. The molecule has 0 saturated carbocycles. The molecule has 0 aromatic carbocycles. The molecular formula is C17H30N2OS. The average molecular weight is 311 g/mol. The van der Waals surface area contributed by atoms with Crippen molar-refractivity contribution in [2.75, 3.05) is 18.0 Å². The maximum absolute atomic E-state index is 9.59. The summed E-state index contributed by atoms with van der Waals surface area (Å²) in [6.45, 7) is 11.4. The van der Waals surface area contributed by atoms with Crippen molar-refractivity contribution < 1.29 is 5.11 Å². The second-order valence-electron chi connectivity index (χ2n) is 6.47. The van der Waals surface area contributed by atoms with Crippen LogP contribution in [0.5, 0.6) is 0 Å². The number of hydrogen-bond donors (Lipinski definition) is 1. The maximum Gasteiger partial charge on any atom is 0.185 e. The molecule has 1 saturated heterocycles. The Morgan fingerprint density at radius 2 is 1.86 bits per heavy atom. The summed E-state index contributed by atoms with van der Waals surface area (Å²) in [4.78, 5) is 8.35. The number of aromatic nitrogens is 1. The van der Waals surface area contributed by atoms with Crippen molar-refractivity contribution >= 4 is 16.5 Å². The Labute approximate surface area is 133 Å². The predicted molar refractivity (Wildman–Crippen MR) is 91.2 cm³/mol. The van der Waals surface area contributed by atoms with Crippen LogP contribution in [-0.2, 0) is 6.61 Å². The highest BCUT2D eigenvalue weighted by Crippen LogP contribution is 2.40. The van der Waals surface area contributed by atoms with E-state index < -0.39 is 0 Å². The summed E-state index contributed by atoms with van der Waals surface area (Å²) in [5.74, 6) is 0.437. The molecule has 0 amide bonds. The van der Waals surface area contributed by atoms with Gasteiger partial charge in [0, 0.05) is 13.1 Å². The normalized spacial score (nSPS) is 19.8. The van der Waals surface area contributed by atoms with Gasteiger partial charge in [-0.1, -0.05) is 51.9 Å². The van der Waals surface area contributed by atoms with Gasteiger partial charge in [0.2, 0.25) is 0 Å². The first-order valence-electron chi connectivity index (χ1n) is 8.44. The minimum Gasteiger partial charge on any atom is -0.391 e. The van der Waals surface area contributed by atoms with E-state index in [4.69, 9.17) is 4.98 Å². The summed E-state index contributed by atoms with van der Waals surface area (Å²) in [7, 11) is 0. The van der Waals surface area contributed by atoms with Gasteiger partial charge in [-0.15, -0.1) is 0 Å². The molecule has 120 valence electrons. The first-order chi connectivity index (χ1) is 10.1. The lowest BCUT2D eigenvalue weighted by Gasteiger charge is -2.41. The monoisotopic (exact) mass is 310 g/mol. The van der Waals surface area contributed by atoms with Crippen LogP contribution >= 0.6 is 11.3 Å². The Morgan fingerprint density at radius 1 is 1.24 bits per heavy atom. The lowest BCUT2D eigenvalue weighted by molar-refractivity contribution is 0.199. The number of nitrogens with zero attached hydrogens (tertiary/aromatic N) is 2. The van der Waals surface area contributed by atoms with Gasteiger partial charge in [0.1, 0.15) is 0 Å². The van der Waals surface area contributed by atoms with Crippen molar-refractivity contribution in [2.45, 2.75) is 72.3 Å². The molecule has 21 heavy (non-hydrogen) atoms. The van der Waals surface area contributed by atoms with Crippen LogP contribution < -0.4 is 4.90 Å². The van der Waals surface area contributed by atoms with Crippen molar-refractivity contribution in [3.8, 4) is 0 Å². The van der Waals surface area contributed by atoms with Crippen molar-refractivity contribution in [3.05, 3.63) is 10.6 Å². The van der Waals surface area contributed by atoms with E-state index in [0.717, 1.165) is 35.2 Å². The van der Waals surface area contributed by atoms with Gasteiger partial charge >= 0.3 is 0 Å². The average Bonchev–Trinajstić information content (AvgIpc) is 2.98. The molecule has 1 aromatic heterocycles.